The zero-order valence-corrected chi connectivity index (χ0v) is 15.0. The summed E-state index contributed by atoms with van der Waals surface area (Å²) in [5.41, 5.74) is 0.815. The van der Waals surface area contributed by atoms with Crippen LogP contribution >= 0.6 is 22.9 Å². The number of hydrogen-bond donors (Lipinski definition) is 3. The monoisotopic (exact) mass is 366 g/mol. The van der Waals surface area contributed by atoms with Crippen molar-refractivity contribution in [2.24, 2.45) is 0 Å². The third-order valence-electron chi connectivity index (χ3n) is 3.25. The Morgan fingerprint density at radius 3 is 2.38 bits per heavy atom. The summed E-state index contributed by atoms with van der Waals surface area (Å²) in [7, 11) is 0. The minimum Gasteiger partial charge on any atom is -0.394 e. The Morgan fingerprint density at radius 2 is 1.83 bits per heavy atom. The van der Waals surface area contributed by atoms with Crippen LogP contribution in [0.5, 0.6) is 0 Å². The molecule has 0 atom stereocenters. The van der Waals surface area contributed by atoms with E-state index in [1.807, 2.05) is 0 Å². The third-order valence-corrected chi connectivity index (χ3v) is 4.48. The molecule has 1 heterocycles. The van der Waals surface area contributed by atoms with Crippen LogP contribution in [-0.2, 0) is 11.2 Å². The Bertz CT molecular complexity index is 726. The fourth-order valence-electron chi connectivity index (χ4n) is 1.98. The lowest BCUT2D eigenvalue weighted by Crippen LogP contribution is -2.46. The zero-order valence-electron chi connectivity index (χ0n) is 13.4. The number of benzene rings is 1. The summed E-state index contributed by atoms with van der Waals surface area (Å²) in [5.74, 6) is -0.388. The van der Waals surface area contributed by atoms with Crippen LogP contribution in [0.1, 0.15) is 29.1 Å². The number of thiophene rings is 1. The summed E-state index contributed by atoms with van der Waals surface area (Å²) in [6.07, 6.45) is 0.207. The van der Waals surface area contributed by atoms with Gasteiger partial charge in [0.05, 0.1) is 27.8 Å². The minimum absolute atomic E-state index is 0.129. The van der Waals surface area contributed by atoms with E-state index in [1.54, 1.807) is 50.2 Å². The molecular formula is C17H19ClN2O3S. The number of amides is 2. The predicted octanol–water partition coefficient (Wildman–Crippen LogP) is 3.08. The second-order valence-electron chi connectivity index (χ2n) is 6.02. The van der Waals surface area contributed by atoms with E-state index in [0.717, 1.165) is 5.56 Å². The standard InChI is InChI=1S/C17H19ClN2O3S/c1-17(2,10-21)20-15(22)9-11-3-5-12(6-4-11)19-16(23)13-7-8-14(18)24-13/h3-8,21H,9-10H2,1-2H3,(H,19,23)(H,20,22). The maximum atomic E-state index is 12.0. The SMILES string of the molecule is CC(C)(CO)NC(=O)Cc1ccc(NC(=O)c2ccc(Cl)s2)cc1. The highest BCUT2D eigenvalue weighted by Crippen LogP contribution is 2.22. The highest BCUT2D eigenvalue weighted by molar-refractivity contribution is 7.18. The fourth-order valence-corrected chi connectivity index (χ4v) is 2.92. The van der Waals surface area contributed by atoms with E-state index in [9.17, 15) is 9.59 Å². The molecule has 0 radical (unpaired) electrons. The maximum Gasteiger partial charge on any atom is 0.265 e. The van der Waals surface area contributed by atoms with Gasteiger partial charge in [0.15, 0.2) is 0 Å². The van der Waals surface area contributed by atoms with Gasteiger partial charge in [-0.25, -0.2) is 0 Å². The second-order valence-corrected chi connectivity index (χ2v) is 7.74. The van der Waals surface area contributed by atoms with Crippen LogP contribution in [0.2, 0.25) is 4.34 Å². The van der Waals surface area contributed by atoms with Gasteiger partial charge in [0.25, 0.3) is 5.91 Å². The Kier molecular flexibility index (Phi) is 5.99. The first kappa shape index (κ1) is 18.4. The van der Waals surface area contributed by atoms with Gasteiger partial charge < -0.3 is 15.7 Å². The molecule has 0 aliphatic carbocycles. The van der Waals surface area contributed by atoms with Crippen molar-refractivity contribution in [3.8, 4) is 0 Å². The van der Waals surface area contributed by atoms with E-state index >= 15 is 0 Å². The van der Waals surface area contributed by atoms with Crippen LogP contribution in [0.3, 0.4) is 0 Å². The summed E-state index contributed by atoms with van der Waals surface area (Å²) in [4.78, 5) is 24.5. The molecule has 2 amide bonds. The first-order chi connectivity index (χ1) is 11.3. The Morgan fingerprint density at radius 1 is 1.17 bits per heavy atom. The molecular weight excluding hydrogens is 348 g/mol. The molecule has 0 spiro atoms. The summed E-state index contributed by atoms with van der Waals surface area (Å²) in [5, 5.41) is 14.7. The number of hydrogen-bond acceptors (Lipinski definition) is 4. The van der Waals surface area contributed by atoms with Gasteiger partial charge in [0.2, 0.25) is 5.91 Å². The first-order valence-electron chi connectivity index (χ1n) is 7.36. The number of carbonyl (C=O) groups is 2. The summed E-state index contributed by atoms with van der Waals surface area (Å²) < 4.78 is 0.562. The van der Waals surface area contributed by atoms with Gasteiger partial charge >= 0.3 is 0 Å². The normalized spacial score (nSPS) is 11.2. The van der Waals surface area contributed by atoms with Gasteiger partial charge in [0, 0.05) is 5.69 Å². The topological polar surface area (TPSA) is 78.4 Å². The summed E-state index contributed by atoms with van der Waals surface area (Å²) >= 11 is 7.03. The molecule has 1 aromatic heterocycles. The smallest absolute Gasteiger partial charge is 0.265 e. The maximum absolute atomic E-state index is 12.0. The van der Waals surface area contributed by atoms with Crippen molar-refractivity contribution in [1.29, 1.82) is 0 Å². The van der Waals surface area contributed by atoms with E-state index in [4.69, 9.17) is 16.7 Å². The number of carbonyl (C=O) groups excluding carboxylic acids is 2. The van der Waals surface area contributed by atoms with Crippen molar-refractivity contribution in [2.75, 3.05) is 11.9 Å². The van der Waals surface area contributed by atoms with Crippen LogP contribution in [0.25, 0.3) is 0 Å². The summed E-state index contributed by atoms with van der Waals surface area (Å²) in [6.45, 7) is 3.37. The van der Waals surface area contributed by atoms with Crippen LogP contribution in [0, 0.1) is 0 Å². The van der Waals surface area contributed by atoms with Crippen molar-refractivity contribution < 1.29 is 14.7 Å². The quantitative estimate of drug-likeness (QED) is 0.735. The number of nitrogens with one attached hydrogen (secondary N) is 2. The van der Waals surface area contributed by atoms with E-state index in [1.165, 1.54) is 11.3 Å². The lowest BCUT2D eigenvalue weighted by molar-refractivity contribution is -0.122. The number of rotatable bonds is 6. The predicted molar refractivity (Wildman–Crippen MR) is 96.7 cm³/mol. The number of aliphatic hydroxyl groups is 1. The van der Waals surface area contributed by atoms with Crippen molar-refractivity contribution in [1.82, 2.24) is 5.32 Å². The van der Waals surface area contributed by atoms with Crippen molar-refractivity contribution in [3.63, 3.8) is 0 Å². The van der Waals surface area contributed by atoms with Gasteiger partial charge in [-0.15, -0.1) is 11.3 Å². The van der Waals surface area contributed by atoms with Gasteiger partial charge in [-0.05, 0) is 43.7 Å². The average molecular weight is 367 g/mol. The average Bonchev–Trinajstić information content (AvgIpc) is 2.95. The molecule has 2 aromatic rings. The molecule has 0 aliphatic rings. The van der Waals surface area contributed by atoms with Crippen LogP contribution in [0.4, 0.5) is 5.69 Å². The molecule has 0 fully saturated rings. The highest BCUT2D eigenvalue weighted by atomic mass is 35.5. The van der Waals surface area contributed by atoms with Gasteiger partial charge in [-0.2, -0.15) is 0 Å². The molecule has 128 valence electrons. The lowest BCUT2D eigenvalue weighted by atomic mass is 10.1. The van der Waals surface area contributed by atoms with Crippen LogP contribution in [0.15, 0.2) is 36.4 Å². The molecule has 0 aliphatic heterocycles. The largest absolute Gasteiger partial charge is 0.394 e. The van der Waals surface area contributed by atoms with Crippen molar-refractivity contribution >= 4 is 40.4 Å². The van der Waals surface area contributed by atoms with Crippen LogP contribution in [-0.4, -0.2) is 29.1 Å². The zero-order chi connectivity index (χ0) is 17.7. The van der Waals surface area contributed by atoms with Crippen molar-refractivity contribution in [3.05, 3.63) is 51.2 Å². The molecule has 0 saturated heterocycles. The van der Waals surface area contributed by atoms with Gasteiger partial charge in [0.1, 0.15) is 0 Å². The molecule has 7 heteroatoms. The Balaban J connectivity index is 1.93. The van der Waals surface area contributed by atoms with Gasteiger partial charge in [-0.1, -0.05) is 23.7 Å². The van der Waals surface area contributed by atoms with Crippen LogP contribution < -0.4 is 10.6 Å². The highest BCUT2D eigenvalue weighted by Gasteiger charge is 2.19. The first-order valence-corrected chi connectivity index (χ1v) is 8.56. The molecule has 2 rings (SSSR count). The molecule has 0 unspecified atom stereocenters. The third kappa shape index (κ3) is 5.33. The molecule has 3 N–H and O–H groups in total. The Labute approximate surface area is 149 Å². The lowest BCUT2D eigenvalue weighted by Gasteiger charge is -2.23. The molecule has 24 heavy (non-hydrogen) atoms. The Hall–Kier alpha value is -1.89. The second kappa shape index (κ2) is 7.79. The summed E-state index contributed by atoms with van der Waals surface area (Å²) in [6, 6.07) is 10.4. The van der Waals surface area contributed by atoms with E-state index in [2.05, 4.69) is 10.6 Å². The number of aliphatic hydroxyl groups excluding tert-OH is 1. The minimum atomic E-state index is -0.646. The van der Waals surface area contributed by atoms with E-state index < -0.39 is 5.54 Å². The number of anilines is 1. The fraction of sp³-hybridized carbons (Fsp3) is 0.294. The molecule has 5 nitrogen and oxygen atoms in total. The molecule has 0 bridgehead atoms. The number of halogens is 1. The van der Waals surface area contributed by atoms with Crippen molar-refractivity contribution in [2.45, 2.75) is 25.8 Å². The van der Waals surface area contributed by atoms with E-state index in [-0.39, 0.29) is 24.8 Å². The van der Waals surface area contributed by atoms with E-state index in [0.29, 0.717) is 14.9 Å². The molecule has 0 saturated carbocycles. The van der Waals surface area contributed by atoms with Gasteiger partial charge in [-0.3, -0.25) is 9.59 Å². The molecule has 1 aromatic carbocycles.